The van der Waals surface area contributed by atoms with Gasteiger partial charge in [-0.25, -0.2) is 14.2 Å². The second-order valence-electron chi connectivity index (χ2n) is 7.41. The highest BCUT2D eigenvalue weighted by Crippen LogP contribution is 2.35. The van der Waals surface area contributed by atoms with Crippen LogP contribution in [0.25, 0.3) is 27.0 Å². The van der Waals surface area contributed by atoms with E-state index in [1.807, 2.05) is 0 Å². The lowest BCUT2D eigenvalue weighted by molar-refractivity contribution is -0.144. The lowest BCUT2D eigenvalue weighted by Crippen LogP contribution is -2.40. The predicted molar refractivity (Wildman–Crippen MR) is 119 cm³/mol. The maximum atomic E-state index is 13.2. The van der Waals surface area contributed by atoms with Gasteiger partial charge in [-0.15, -0.1) is 0 Å². The molecule has 0 bridgehead atoms. The fourth-order valence-electron chi connectivity index (χ4n) is 3.53. The standard InChI is InChI=1S/C22H16F3N3O5S/c1-11-7-13(33-10-19(30)31)4-5-14(11)20-15-8-12(3-6-16(15)34-26-20)28-18(29)9-17(22(23,24)25)27(2)21(28)32/h3-9H,10H2,1-2H3,(H,30,31). The first-order chi connectivity index (χ1) is 16.0. The van der Waals surface area contributed by atoms with E-state index in [9.17, 15) is 27.6 Å². The molecule has 0 unspecified atom stereocenters. The number of nitrogens with zero attached hydrogens (tertiary/aromatic N) is 3. The van der Waals surface area contributed by atoms with E-state index in [0.717, 1.165) is 17.3 Å². The number of aromatic nitrogens is 3. The van der Waals surface area contributed by atoms with Crippen molar-refractivity contribution in [2.24, 2.45) is 7.05 Å². The van der Waals surface area contributed by atoms with E-state index in [1.54, 1.807) is 31.2 Å². The van der Waals surface area contributed by atoms with Gasteiger partial charge in [-0.3, -0.25) is 9.36 Å². The molecule has 8 nitrogen and oxygen atoms in total. The third kappa shape index (κ3) is 4.19. The molecule has 0 aliphatic carbocycles. The normalized spacial score (nSPS) is 11.7. The summed E-state index contributed by atoms with van der Waals surface area (Å²) < 4.78 is 50.9. The summed E-state index contributed by atoms with van der Waals surface area (Å²) in [6.45, 7) is 1.30. The summed E-state index contributed by atoms with van der Waals surface area (Å²) in [5, 5.41) is 9.36. The number of carboxylic acid groups (broad SMARTS) is 1. The van der Waals surface area contributed by atoms with Crippen molar-refractivity contribution < 1.29 is 27.8 Å². The average Bonchev–Trinajstić information content (AvgIpc) is 3.17. The van der Waals surface area contributed by atoms with Crippen molar-refractivity contribution in [1.29, 1.82) is 0 Å². The van der Waals surface area contributed by atoms with E-state index in [0.29, 0.717) is 37.6 Å². The number of hydrogen-bond acceptors (Lipinski definition) is 6. The van der Waals surface area contributed by atoms with Crippen LogP contribution in [0, 0.1) is 6.92 Å². The molecular formula is C22H16F3N3O5S. The lowest BCUT2D eigenvalue weighted by atomic mass is 10.0. The third-order valence-corrected chi connectivity index (χ3v) is 5.96. The molecule has 0 fully saturated rings. The number of halogens is 3. The predicted octanol–water partition coefficient (Wildman–Crippen LogP) is 3.60. The number of fused-ring (bicyclic) bond motifs is 1. The average molecular weight is 491 g/mol. The Bertz CT molecular complexity index is 1550. The minimum atomic E-state index is -4.85. The highest BCUT2D eigenvalue weighted by molar-refractivity contribution is 7.13. The molecule has 34 heavy (non-hydrogen) atoms. The first-order valence-corrected chi connectivity index (χ1v) is 10.5. The molecule has 2 heterocycles. The number of rotatable bonds is 5. The molecular weight excluding hydrogens is 475 g/mol. The Kier molecular flexibility index (Phi) is 5.77. The Morgan fingerprint density at radius 2 is 1.88 bits per heavy atom. The van der Waals surface area contributed by atoms with Gasteiger partial charge in [0.15, 0.2) is 6.61 Å². The van der Waals surface area contributed by atoms with Crippen molar-refractivity contribution in [2.45, 2.75) is 13.1 Å². The van der Waals surface area contributed by atoms with Crippen LogP contribution < -0.4 is 16.0 Å². The number of aryl methyl sites for hydroxylation is 1. The van der Waals surface area contributed by atoms with Crippen LogP contribution >= 0.6 is 11.5 Å². The molecule has 0 spiro atoms. The Morgan fingerprint density at radius 1 is 1.15 bits per heavy atom. The first kappa shape index (κ1) is 23.2. The summed E-state index contributed by atoms with van der Waals surface area (Å²) in [7, 11) is 0.953. The Balaban J connectivity index is 1.83. The fraction of sp³-hybridized carbons (Fsp3) is 0.182. The van der Waals surface area contributed by atoms with E-state index in [1.165, 1.54) is 23.7 Å². The molecule has 0 saturated heterocycles. The molecule has 12 heteroatoms. The lowest BCUT2D eigenvalue weighted by Gasteiger charge is -2.14. The van der Waals surface area contributed by atoms with Gasteiger partial charge >= 0.3 is 17.8 Å². The minimum absolute atomic E-state index is 0.104. The molecule has 0 amide bonds. The molecule has 4 aromatic rings. The molecule has 0 atom stereocenters. The van der Waals surface area contributed by atoms with Crippen molar-refractivity contribution in [1.82, 2.24) is 13.5 Å². The van der Waals surface area contributed by atoms with Crippen LogP contribution in [-0.4, -0.2) is 31.2 Å². The van der Waals surface area contributed by atoms with Gasteiger partial charge in [0.05, 0.1) is 16.1 Å². The number of alkyl halides is 3. The number of ether oxygens (including phenoxy) is 1. The SMILES string of the molecule is Cc1cc(OCC(=O)O)ccc1-c1nsc2ccc(-n3c(=O)cc(C(F)(F)F)n(C)c3=O)cc12. The first-order valence-electron chi connectivity index (χ1n) is 9.73. The maximum absolute atomic E-state index is 13.2. The second kappa shape index (κ2) is 8.45. The molecule has 0 saturated carbocycles. The van der Waals surface area contributed by atoms with E-state index in [2.05, 4.69) is 4.37 Å². The number of carboxylic acids is 1. The third-order valence-electron chi connectivity index (χ3n) is 5.14. The van der Waals surface area contributed by atoms with Crippen LogP contribution in [0.5, 0.6) is 5.75 Å². The molecule has 0 aliphatic heterocycles. The smallest absolute Gasteiger partial charge is 0.431 e. The Morgan fingerprint density at radius 3 is 2.53 bits per heavy atom. The van der Waals surface area contributed by atoms with Gasteiger partial charge in [0.25, 0.3) is 5.56 Å². The summed E-state index contributed by atoms with van der Waals surface area (Å²) in [6, 6.07) is 9.97. The maximum Gasteiger partial charge on any atom is 0.431 e. The van der Waals surface area contributed by atoms with Gasteiger partial charge < -0.3 is 9.84 Å². The minimum Gasteiger partial charge on any atom is -0.482 e. The zero-order chi connectivity index (χ0) is 24.8. The Labute approximate surface area is 193 Å². The van der Waals surface area contributed by atoms with Crippen LogP contribution in [0.4, 0.5) is 13.2 Å². The topological polar surface area (TPSA) is 103 Å². The molecule has 2 aromatic carbocycles. The van der Waals surface area contributed by atoms with Gasteiger partial charge in [-0.1, -0.05) is 0 Å². The summed E-state index contributed by atoms with van der Waals surface area (Å²) in [4.78, 5) is 35.8. The van der Waals surface area contributed by atoms with Crippen molar-refractivity contribution in [2.75, 3.05) is 6.61 Å². The number of aliphatic carboxylic acids is 1. The highest BCUT2D eigenvalue weighted by atomic mass is 32.1. The van der Waals surface area contributed by atoms with Crippen molar-refractivity contribution in [3.8, 4) is 22.7 Å². The summed E-state index contributed by atoms with van der Waals surface area (Å²) in [5.74, 6) is -0.743. The van der Waals surface area contributed by atoms with E-state index in [-0.39, 0.29) is 5.69 Å². The summed E-state index contributed by atoms with van der Waals surface area (Å²) >= 11 is 1.18. The fourth-order valence-corrected chi connectivity index (χ4v) is 4.30. The molecule has 4 rings (SSSR count). The molecule has 1 N–H and O–H groups in total. The van der Waals surface area contributed by atoms with Crippen molar-refractivity contribution >= 4 is 27.6 Å². The number of hydrogen-bond donors (Lipinski definition) is 1. The monoisotopic (exact) mass is 491 g/mol. The zero-order valence-corrected chi connectivity index (χ0v) is 18.5. The summed E-state index contributed by atoms with van der Waals surface area (Å²) in [6.07, 6.45) is -4.85. The zero-order valence-electron chi connectivity index (χ0n) is 17.7. The summed E-state index contributed by atoms with van der Waals surface area (Å²) in [5.41, 5.74) is -1.47. The molecule has 0 aliphatic rings. The van der Waals surface area contributed by atoms with Gasteiger partial charge in [-0.2, -0.15) is 17.5 Å². The van der Waals surface area contributed by atoms with E-state index in [4.69, 9.17) is 9.84 Å². The van der Waals surface area contributed by atoms with Crippen LogP contribution in [0.3, 0.4) is 0 Å². The van der Waals surface area contributed by atoms with Crippen LogP contribution in [0.1, 0.15) is 11.3 Å². The van der Waals surface area contributed by atoms with Crippen molar-refractivity contribution in [3.63, 3.8) is 0 Å². The molecule has 2 aromatic heterocycles. The van der Waals surface area contributed by atoms with Gasteiger partial charge in [-0.05, 0) is 60.4 Å². The van der Waals surface area contributed by atoms with Gasteiger partial charge in [0.2, 0.25) is 0 Å². The molecule has 0 radical (unpaired) electrons. The Hall–Kier alpha value is -3.93. The van der Waals surface area contributed by atoms with Crippen LogP contribution in [-0.2, 0) is 18.0 Å². The number of carbonyl (C=O) groups is 1. The van der Waals surface area contributed by atoms with E-state index < -0.39 is 35.7 Å². The quantitative estimate of drug-likeness (QED) is 0.458. The van der Waals surface area contributed by atoms with Gasteiger partial charge in [0.1, 0.15) is 11.4 Å². The van der Waals surface area contributed by atoms with E-state index >= 15 is 0 Å². The molecule has 176 valence electrons. The largest absolute Gasteiger partial charge is 0.482 e. The van der Waals surface area contributed by atoms with Crippen LogP contribution in [0.2, 0.25) is 0 Å². The number of benzene rings is 2. The van der Waals surface area contributed by atoms with Crippen molar-refractivity contribution in [3.05, 3.63) is 74.6 Å². The highest BCUT2D eigenvalue weighted by Gasteiger charge is 2.35. The second-order valence-corrected chi connectivity index (χ2v) is 8.22. The van der Waals surface area contributed by atoms with Gasteiger partial charge in [0, 0.05) is 24.1 Å². The van der Waals surface area contributed by atoms with Crippen LogP contribution in [0.15, 0.2) is 52.1 Å².